The highest BCUT2D eigenvalue weighted by molar-refractivity contribution is 9.08. The molecule has 1 fully saturated rings. The number of rotatable bonds is 2. The number of amides is 4. The van der Waals surface area contributed by atoms with E-state index in [1.54, 1.807) is 13.8 Å². The second-order valence-corrected chi connectivity index (χ2v) is 4.66. The van der Waals surface area contributed by atoms with Gasteiger partial charge in [0.2, 0.25) is 0 Å². The van der Waals surface area contributed by atoms with Crippen molar-refractivity contribution in [3.63, 3.8) is 0 Å². The summed E-state index contributed by atoms with van der Waals surface area (Å²) in [7, 11) is 0. The highest BCUT2D eigenvalue weighted by Gasteiger charge is 2.54. The lowest BCUT2D eigenvalue weighted by Gasteiger charge is -2.38. The van der Waals surface area contributed by atoms with Crippen molar-refractivity contribution in [3.8, 4) is 0 Å². The molecular formula is C8H10Br2N2O3. The summed E-state index contributed by atoms with van der Waals surface area (Å²) in [5, 5.41) is 0. The van der Waals surface area contributed by atoms with Crippen LogP contribution in [-0.2, 0) is 9.59 Å². The van der Waals surface area contributed by atoms with Crippen molar-refractivity contribution in [1.29, 1.82) is 0 Å². The van der Waals surface area contributed by atoms with Gasteiger partial charge in [-0.1, -0.05) is 13.8 Å². The fraction of sp³-hybridized carbons (Fsp3) is 0.625. The first-order valence-electron chi connectivity index (χ1n) is 4.47. The van der Waals surface area contributed by atoms with Crippen molar-refractivity contribution < 1.29 is 14.4 Å². The van der Waals surface area contributed by atoms with Crippen molar-refractivity contribution in [1.82, 2.24) is 7.85 Å². The van der Waals surface area contributed by atoms with Gasteiger partial charge in [-0.25, -0.2) is 4.79 Å². The van der Waals surface area contributed by atoms with E-state index in [1.165, 1.54) is 0 Å². The average Bonchev–Trinajstić information content (AvgIpc) is 2.26. The molecule has 0 unspecified atom stereocenters. The summed E-state index contributed by atoms with van der Waals surface area (Å²) in [5.41, 5.74) is -1.14. The fourth-order valence-corrected chi connectivity index (χ4v) is 2.78. The lowest BCUT2D eigenvalue weighted by Crippen LogP contribution is -2.59. The maximum atomic E-state index is 11.9. The quantitative estimate of drug-likeness (QED) is 0.571. The third-order valence-corrected chi connectivity index (χ3v) is 3.97. The molecule has 0 bridgehead atoms. The molecule has 1 aliphatic rings. The Kier molecular flexibility index (Phi) is 3.55. The second kappa shape index (κ2) is 4.21. The van der Waals surface area contributed by atoms with Crippen LogP contribution in [0.1, 0.15) is 26.7 Å². The molecule has 0 aromatic carbocycles. The molecule has 5 nitrogen and oxygen atoms in total. The summed E-state index contributed by atoms with van der Waals surface area (Å²) in [5.74, 6) is -1.00. The van der Waals surface area contributed by atoms with E-state index in [4.69, 9.17) is 0 Å². The van der Waals surface area contributed by atoms with E-state index in [-0.39, 0.29) is 0 Å². The van der Waals surface area contributed by atoms with Gasteiger partial charge in [0.25, 0.3) is 11.8 Å². The topological polar surface area (TPSA) is 57.7 Å². The molecule has 0 aromatic rings. The van der Waals surface area contributed by atoms with Gasteiger partial charge in [0.1, 0.15) is 5.41 Å². The number of nitrogens with zero attached hydrogens (tertiary/aromatic N) is 2. The Morgan fingerprint density at radius 1 is 1.00 bits per heavy atom. The van der Waals surface area contributed by atoms with Gasteiger partial charge in [-0.3, -0.25) is 9.59 Å². The van der Waals surface area contributed by atoms with Gasteiger partial charge in [0, 0.05) is 0 Å². The minimum atomic E-state index is -1.14. The van der Waals surface area contributed by atoms with E-state index < -0.39 is 23.3 Å². The Morgan fingerprint density at radius 3 is 1.60 bits per heavy atom. The molecule has 1 aliphatic heterocycles. The van der Waals surface area contributed by atoms with Crippen molar-refractivity contribution >= 4 is 50.1 Å². The molecule has 0 aromatic heterocycles. The van der Waals surface area contributed by atoms with Gasteiger partial charge in [-0.15, -0.1) is 0 Å². The molecule has 1 heterocycles. The van der Waals surface area contributed by atoms with Crippen molar-refractivity contribution in [2.75, 3.05) is 0 Å². The Labute approximate surface area is 104 Å². The van der Waals surface area contributed by atoms with Crippen molar-refractivity contribution in [2.24, 2.45) is 5.41 Å². The normalized spacial score (nSPS) is 21.2. The maximum Gasteiger partial charge on any atom is 0.354 e. The van der Waals surface area contributed by atoms with E-state index in [0.717, 1.165) is 7.85 Å². The first kappa shape index (κ1) is 12.6. The van der Waals surface area contributed by atoms with E-state index in [2.05, 4.69) is 32.3 Å². The highest BCUT2D eigenvalue weighted by atomic mass is 79.9. The molecule has 1 rings (SSSR count). The summed E-state index contributed by atoms with van der Waals surface area (Å²) in [4.78, 5) is 35.1. The van der Waals surface area contributed by atoms with Crippen molar-refractivity contribution in [3.05, 3.63) is 0 Å². The van der Waals surface area contributed by atoms with Gasteiger partial charge in [0.15, 0.2) is 0 Å². The van der Waals surface area contributed by atoms with Gasteiger partial charge in [-0.05, 0) is 12.8 Å². The molecule has 0 spiro atoms. The summed E-state index contributed by atoms with van der Waals surface area (Å²) >= 11 is 5.71. The van der Waals surface area contributed by atoms with Crippen LogP contribution < -0.4 is 0 Å². The molecule has 0 atom stereocenters. The first-order valence-corrected chi connectivity index (χ1v) is 5.88. The van der Waals surface area contributed by atoms with Crippen LogP contribution in [0.2, 0.25) is 0 Å². The van der Waals surface area contributed by atoms with Crippen LogP contribution in [0.3, 0.4) is 0 Å². The minimum Gasteiger partial charge on any atom is -0.272 e. The molecule has 84 valence electrons. The second-order valence-electron chi connectivity index (χ2n) is 3.24. The Morgan fingerprint density at radius 2 is 1.33 bits per heavy atom. The first-order chi connectivity index (χ1) is 6.92. The lowest BCUT2D eigenvalue weighted by atomic mass is 9.79. The number of halogens is 2. The molecule has 4 amide bonds. The van der Waals surface area contributed by atoms with E-state index in [0.29, 0.717) is 12.8 Å². The van der Waals surface area contributed by atoms with Crippen LogP contribution in [0.15, 0.2) is 0 Å². The number of hydrogen-bond acceptors (Lipinski definition) is 3. The van der Waals surface area contributed by atoms with Gasteiger partial charge in [0.05, 0.1) is 32.3 Å². The molecule has 1 saturated heterocycles. The van der Waals surface area contributed by atoms with Crippen LogP contribution >= 0.6 is 32.3 Å². The Balaban J connectivity index is 3.23. The van der Waals surface area contributed by atoms with Crippen LogP contribution in [0, 0.1) is 5.41 Å². The summed E-state index contributed by atoms with van der Waals surface area (Å²) in [6.45, 7) is 3.49. The van der Waals surface area contributed by atoms with Gasteiger partial charge in [-0.2, -0.15) is 7.85 Å². The Hall–Kier alpha value is -0.430. The minimum absolute atomic E-state index is 0.360. The van der Waals surface area contributed by atoms with Crippen LogP contribution in [0.4, 0.5) is 4.79 Å². The predicted molar refractivity (Wildman–Crippen MR) is 60.0 cm³/mol. The number of barbiturate groups is 1. The number of urea groups is 1. The average molecular weight is 342 g/mol. The summed E-state index contributed by atoms with van der Waals surface area (Å²) < 4.78 is 1.58. The third kappa shape index (κ3) is 1.61. The zero-order chi connectivity index (χ0) is 11.8. The summed E-state index contributed by atoms with van der Waals surface area (Å²) in [6, 6.07) is -0.720. The molecule has 15 heavy (non-hydrogen) atoms. The van der Waals surface area contributed by atoms with E-state index >= 15 is 0 Å². The third-order valence-electron chi connectivity index (χ3n) is 2.72. The van der Waals surface area contributed by atoms with E-state index in [1.807, 2.05) is 0 Å². The smallest absolute Gasteiger partial charge is 0.272 e. The van der Waals surface area contributed by atoms with E-state index in [9.17, 15) is 14.4 Å². The number of imide groups is 2. The number of carbonyl (C=O) groups is 3. The molecule has 7 heteroatoms. The maximum absolute atomic E-state index is 11.9. The van der Waals surface area contributed by atoms with Crippen LogP contribution in [-0.4, -0.2) is 25.7 Å². The standard InChI is InChI=1S/C8H10Br2N2O3/c1-3-8(4-2)5(13)11(9)7(15)12(10)6(8)14/h3-4H2,1-2H3. The molecule has 0 saturated carbocycles. The number of carbonyl (C=O) groups excluding carboxylic acids is 3. The fourth-order valence-electron chi connectivity index (χ4n) is 1.57. The molecular weight excluding hydrogens is 332 g/mol. The zero-order valence-electron chi connectivity index (χ0n) is 8.29. The monoisotopic (exact) mass is 340 g/mol. The Bertz CT molecular complexity index is 302. The van der Waals surface area contributed by atoms with Gasteiger partial charge >= 0.3 is 6.03 Å². The molecule has 0 radical (unpaired) electrons. The molecule has 0 aliphatic carbocycles. The molecule has 0 N–H and O–H groups in total. The van der Waals surface area contributed by atoms with Gasteiger partial charge < -0.3 is 0 Å². The van der Waals surface area contributed by atoms with Crippen LogP contribution in [0.25, 0.3) is 0 Å². The number of hydrogen-bond donors (Lipinski definition) is 0. The zero-order valence-corrected chi connectivity index (χ0v) is 11.5. The summed E-state index contributed by atoms with van der Waals surface area (Å²) in [6.07, 6.45) is 0.720. The lowest BCUT2D eigenvalue weighted by molar-refractivity contribution is -0.151. The highest BCUT2D eigenvalue weighted by Crippen LogP contribution is 2.38. The largest absolute Gasteiger partial charge is 0.354 e. The van der Waals surface area contributed by atoms with Crippen LogP contribution in [0.5, 0.6) is 0 Å². The predicted octanol–water partition coefficient (Wildman–Crippen LogP) is 2.20. The SMILES string of the molecule is CCC1(CC)C(=O)N(Br)C(=O)N(Br)C1=O. The van der Waals surface area contributed by atoms with Crippen molar-refractivity contribution in [2.45, 2.75) is 26.7 Å².